The summed E-state index contributed by atoms with van der Waals surface area (Å²) in [6, 6.07) is 7.44. The SMILES string of the molecule is C=C(C)c1ccc(C(=O)OC)c(Oc2c(C)cc(C)cc2C)n1. The van der Waals surface area contributed by atoms with Crippen molar-refractivity contribution in [2.45, 2.75) is 27.7 Å². The van der Waals surface area contributed by atoms with Gasteiger partial charge in [0.15, 0.2) is 0 Å². The zero-order valence-corrected chi connectivity index (χ0v) is 14.2. The van der Waals surface area contributed by atoms with Gasteiger partial charge in [0, 0.05) is 0 Å². The number of nitrogens with zero attached hydrogens (tertiary/aromatic N) is 1. The van der Waals surface area contributed by atoms with Gasteiger partial charge in [-0.05, 0) is 56.5 Å². The fourth-order valence-corrected chi connectivity index (χ4v) is 2.45. The lowest BCUT2D eigenvalue weighted by Gasteiger charge is -2.15. The second-order valence-corrected chi connectivity index (χ2v) is 5.65. The summed E-state index contributed by atoms with van der Waals surface area (Å²) in [4.78, 5) is 16.4. The summed E-state index contributed by atoms with van der Waals surface area (Å²) in [6.07, 6.45) is 0. The van der Waals surface area contributed by atoms with E-state index >= 15 is 0 Å². The summed E-state index contributed by atoms with van der Waals surface area (Å²) in [7, 11) is 1.33. The molecule has 4 nitrogen and oxygen atoms in total. The van der Waals surface area contributed by atoms with Crippen LogP contribution in [0.1, 0.15) is 39.7 Å². The summed E-state index contributed by atoms with van der Waals surface area (Å²) >= 11 is 0. The van der Waals surface area contributed by atoms with E-state index in [-0.39, 0.29) is 11.4 Å². The zero-order chi connectivity index (χ0) is 17.1. The molecular formula is C19H21NO3. The third-order valence-corrected chi connectivity index (χ3v) is 3.51. The van der Waals surface area contributed by atoms with Crippen LogP contribution >= 0.6 is 0 Å². The van der Waals surface area contributed by atoms with Crippen LogP contribution in [0.5, 0.6) is 11.6 Å². The number of pyridine rings is 1. The number of ether oxygens (including phenoxy) is 2. The van der Waals surface area contributed by atoms with Crippen LogP contribution < -0.4 is 4.74 Å². The maximum absolute atomic E-state index is 12.0. The van der Waals surface area contributed by atoms with Gasteiger partial charge in [-0.15, -0.1) is 0 Å². The number of benzene rings is 1. The molecule has 1 aromatic heterocycles. The van der Waals surface area contributed by atoms with E-state index in [0.717, 1.165) is 22.3 Å². The average molecular weight is 311 g/mol. The number of carbonyl (C=O) groups excluding carboxylic acids is 1. The zero-order valence-electron chi connectivity index (χ0n) is 14.2. The Bertz CT molecular complexity index is 755. The number of allylic oxidation sites excluding steroid dienone is 1. The van der Waals surface area contributed by atoms with E-state index in [4.69, 9.17) is 9.47 Å². The van der Waals surface area contributed by atoms with Crippen molar-refractivity contribution in [3.05, 3.63) is 58.8 Å². The van der Waals surface area contributed by atoms with Crippen LogP contribution in [-0.4, -0.2) is 18.1 Å². The van der Waals surface area contributed by atoms with Crippen molar-refractivity contribution in [2.75, 3.05) is 7.11 Å². The molecule has 2 rings (SSSR count). The molecule has 0 N–H and O–H groups in total. The highest BCUT2D eigenvalue weighted by molar-refractivity contribution is 5.92. The van der Waals surface area contributed by atoms with Crippen LogP contribution in [0.2, 0.25) is 0 Å². The number of aromatic nitrogens is 1. The van der Waals surface area contributed by atoms with Gasteiger partial charge in [-0.25, -0.2) is 9.78 Å². The highest BCUT2D eigenvalue weighted by atomic mass is 16.5. The Labute approximate surface area is 136 Å². The Morgan fingerprint density at radius 1 is 1.13 bits per heavy atom. The molecule has 0 radical (unpaired) electrons. The monoisotopic (exact) mass is 311 g/mol. The smallest absolute Gasteiger partial charge is 0.343 e. The van der Waals surface area contributed by atoms with Gasteiger partial charge in [-0.2, -0.15) is 0 Å². The van der Waals surface area contributed by atoms with Crippen LogP contribution in [0.25, 0.3) is 5.57 Å². The first kappa shape index (κ1) is 16.7. The third-order valence-electron chi connectivity index (χ3n) is 3.51. The molecule has 0 atom stereocenters. The molecule has 0 saturated carbocycles. The van der Waals surface area contributed by atoms with Gasteiger partial charge in [0.05, 0.1) is 12.8 Å². The Hall–Kier alpha value is -2.62. The summed E-state index contributed by atoms with van der Waals surface area (Å²) in [5, 5.41) is 0. The standard InChI is InChI=1S/C19H21NO3/c1-11(2)16-8-7-15(19(21)22-6)18(20-16)23-17-13(4)9-12(3)10-14(17)5/h7-10H,1H2,2-6H3. The van der Waals surface area contributed by atoms with Crippen molar-refractivity contribution in [2.24, 2.45) is 0 Å². The minimum Gasteiger partial charge on any atom is -0.465 e. The van der Waals surface area contributed by atoms with Crippen LogP contribution in [-0.2, 0) is 4.74 Å². The summed E-state index contributed by atoms with van der Waals surface area (Å²) in [6.45, 7) is 11.7. The Morgan fingerprint density at radius 2 is 1.74 bits per heavy atom. The van der Waals surface area contributed by atoms with Crippen molar-refractivity contribution in [3.8, 4) is 11.6 Å². The van der Waals surface area contributed by atoms with Gasteiger partial charge in [-0.3, -0.25) is 0 Å². The number of rotatable bonds is 4. The van der Waals surface area contributed by atoms with E-state index < -0.39 is 5.97 Å². The Kier molecular flexibility index (Phi) is 4.84. The van der Waals surface area contributed by atoms with Crippen LogP contribution in [0.4, 0.5) is 0 Å². The quantitative estimate of drug-likeness (QED) is 0.773. The van der Waals surface area contributed by atoms with Gasteiger partial charge in [0.25, 0.3) is 0 Å². The maximum Gasteiger partial charge on any atom is 0.343 e. The molecular weight excluding hydrogens is 290 g/mol. The van der Waals surface area contributed by atoms with Crippen LogP contribution in [0, 0.1) is 20.8 Å². The maximum atomic E-state index is 12.0. The fraction of sp³-hybridized carbons (Fsp3) is 0.263. The predicted octanol–water partition coefficient (Wildman–Crippen LogP) is 4.62. The number of aryl methyl sites for hydroxylation is 3. The topological polar surface area (TPSA) is 48.4 Å². The third kappa shape index (κ3) is 3.59. The molecule has 0 aliphatic rings. The molecule has 0 amide bonds. The number of methoxy groups -OCH3 is 1. The molecule has 1 aromatic carbocycles. The van der Waals surface area contributed by atoms with Crippen molar-refractivity contribution in [3.63, 3.8) is 0 Å². The molecule has 0 fully saturated rings. The number of esters is 1. The van der Waals surface area contributed by atoms with E-state index in [9.17, 15) is 4.79 Å². The molecule has 0 spiro atoms. The highest BCUT2D eigenvalue weighted by Gasteiger charge is 2.18. The highest BCUT2D eigenvalue weighted by Crippen LogP contribution is 2.31. The first-order chi connectivity index (χ1) is 10.8. The first-order valence-electron chi connectivity index (χ1n) is 7.34. The van der Waals surface area contributed by atoms with E-state index in [1.807, 2.05) is 39.8 Å². The van der Waals surface area contributed by atoms with Crippen molar-refractivity contribution >= 4 is 11.5 Å². The molecule has 120 valence electrons. The lowest BCUT2D eigenvalue weighted by atomic mass is 10.1. The molecule has 0 aliphatic heterocycles. The van der Waals surface area contributed by atoms with Crippen molar-refractivity contribution in [1.82, 2.24) is 4.98 Å². The summed E-state index contributed by atoms with van der Waals surface area (Å²) in [5.74, 6) is 0.447. The molecule has 0 saturated heterocycles. The number of carbonyl (C=O) groups is 1. The van der Waals surface area contributed by atoms with Crippen LogP contribution in [0.15, 0.2) is 30.8 Å². The minimum atomic E-state index is -0.483. The normalized spacial score (nSPS) is 10.3. The van der Waals surface area contributed by atoms with Gasteiger partial charge in [-0.1, -0.05) is 24.3 Å². The minimum absolute atomic E-state index is 0.229. The molecule has 0 aliphatic carbocycles. The predicted molar refractivity (Wildman–Crippen MR) is 91.0 cm³/mol. The van der Waals surface area contributed by atoms with Gasteiger partial charge in [0.2, 0.25) is 5.88 Å². The number of hydrogen-bond acceptors (Lipinski definition) is 4. The van der Waals surface area contributed by atoms with Gasteiger partial charge in [0.1, 0.15) is 11.3 Å². The molecule has 2 aromatic rings. The second kappa shape index (κ2) is 6.65. The van der Waals surface area contributed by atoms with Gasteiger partial charge < -0.3 is 9.47 Å². The fourth-order valence-electron chi connectivity index (χ4n) is 2.45. The lowest BCUT2D eigenvalue weighted by molar-refractivity contribution is 0.0597. The van der Waals surface area contributed by atoms with Crippen molar-refractivity contribution < 1.29 is 14.3 Å². The van der Waals surface area contributed by atoms with Crippen LogP contribution in [0.3, 0.4) is 0 Å². The first-order valence-corrected chi connectivity index (χ1v) is 7.34. The Morgan fingerprint density at radius 3 is 2.26 bits per heavy atom. The van der Waals surface area contributed by atoms with E-state index in [0.29, 0.717) is 11.4 Å². The van der Waals surface area contributed by atoms with E-state index in [1.54, 1.807) is 12.1 Å². The lowest BCUT2D eigenvalue weighted by Crippen LogP contribution is -2.07. The van der Waals surface area contributed by atoms with Crippen molar-refractivity contribution in [1.29, 1.82) is 0 Å². The Balaban J connectivity index is 2.55. The number of hydrogen-bond donors (Lipinski definition) is 0. The molecule has 23 heavy (non-hydrogen) atoms. The van der Waals surface area contributed by atoms with E-state index in [1.165, 1.54) is 7.11 Å². The second-order valence-electron chi connectivity index (χ2n) is 5.65. The molecule has 1 heterocycles. The molecule has 0 unspecified atom stereocenters. The molecule has 0 bridgehead atoms. The van der Waals surface area contributed by atoms with Gasteiger partial charge >= 0.3 is 5.97 Å². The summed E-state index contributed by atoms with van der Waals surface area (Å²) < 4.78 is 10.8. The van der Waals surface area contributed by atoms with E-state index in [2.05, 4.69) is 11.6 Å². The average Bonchev–Trinajstić information content (AvgIpc) is 2.49. The molecule has 4 heteroatoms. The largest absolute Gasteiger partial charge is 0.465 e. The summed E-state index contributed by atoms with van der Waals surface area (Å²) in [5.41, 5.74) is 4.89.